The zero-order chi connectivity index (χ0) is 20.0. The molecule has 1 amide bonds. The minimum atomic E-state index is -3.49. The van der Waals surface area contributed by atoms with E-state index < -0.39 is 15.9 Å². The molecular formula is C19H18ClN3O3S2. The van der Waals surface area contributed by atoms with Gasteiger partial charge in [0.1, 0.15) is 10.7 Å². The van der Waals surface area contributed by atoms with Crippen molar-refractivity contribution in [2.45, 2.75) is 6.54 Å². The molecule has 0 spiro atoms. The van der Waals surface area contributed by atoms with Gasteiger partial charge in [-0.05, 0) is 17.7 Å². The lowest BCUT2D eigenvalue weighted by atomic mass is 10.2. The number of carbonyl (C=O) groups is 1. The lowest BCUT2D eigenvalue weighted by Gasteiger charge is -2.07. The van der Waals surface area contributed by atoms with Crippen molar-refractivity contribution in [3.63, 3.8) is 0 Å². The summed E-state index contributed by atoms with van der Waals surface area (Å²) in [6.07, 6.45) is 0. The van der Waals surface area contributed by atoms with Gasteiger partial charge in [-0.2, -0.15) is 0 Å². The normalized spacial score (nSPS) is 11.3. The second kappa shape index (κ2) is 9.29. The second-order valence-electron chi connectivity index (χ2n) is 5.93. The van der Waals surface area contributed by atoms with Gasteiger partial charge in [0.25, 0.3) is 5.91 Å². The molecule has 1 aromatic heterocycles. The van der Waals surface area contributed by atoms with Gasteiger partial charge in [0.05, 0.1) is 5.75 Å². The van der Waals surface area contributed by atoms with Crippen LogP contribution in [0.5, 0.6) is 0 Å². The molecule has 28 heavy (non-hydrogen) atoms. The molecule has 0 fully saturated rings. The van der Waals surface area contributed by atoms with Crippen molar-refractivity contribution in [2.24, 2.45) is 0 Å². The van der Waals surface area contributed by atoms with Crippen LogP contribution < -0.4 is 10.0 Å². The Hall–Kier alpha value is -2.26. The Morgan fingerprint density at radius 3 is 2.50 bits per heavy atom. The third-order valence-electron chi connectivity index (χ3n) is 3.82. The van der Waals surface area contributed by atoms with E-state index in [2.05, 4.69) is 15.0 Å². The van der Waals surface area contributed by atoms with Gasteiger partial charge in [-0.15, -0.1) is 11.3 Å². The molecule has 0 aliphatic rings. The first-order valence-corrected chi connectivity index (χ1v) is 11.3. The molecule has 2 aromatic carbocycles. The maximum Gasteiger partial charge on any atom is 0.270 e. The number of thiazole rings is 1. The van der Waals surface area contributed by atoms with Gasteiger partial charge in [-0.25, -0.2) is 18.1 Å². The molecule has 3 aromatic rings. The summed E-state index contributed by atoms with van der Waals surface area (Å²) in [5.74, 6) is -0.616. The molecule has 0 radical (unpaired) electrons. The summed E-state index contributed by atoms with van der Waals surface area (Å²) in [7, 11) is -3.49. The van der Waals surface area contributed by atoms with Crippen molar-refractivity contribution in [3.8, 4) is 10.6 Å². The minimum absolute atomic E-state index is 0.00321. The van der Waals surface area contributed by atoms with Gasteiger partial charge < -0.3 is 5.32 Å². The number of halogens is 1. The molecule has 0 bridgehead atoms. The first-order chi connectivity index (χ1) is 13.4. The highest BCUT2D eigenvalue weighted by atomic mass is 35.5. The van der Waals surface area contributed by atoms with Gasteiger partial charge in [0.2, 0.25) is 10.0 Å². The lowest BCUT2D eigenvalue weighted by molar-refractivity contribution is 0.0952. The van der Waals surface area contributed by atoms with Crippen LogP contribution in [0.3, 0.4) is 0 Å². The molecule has 0 atom stereocenters. The zero-order valence-corrected chi connectivity index (χ0v) is 17.2. The van der Waals surface area contributed by atoms with Crippen LogP contribution in [0.2, 0.25) is 5.02 Å². The fourth-order valence-electron chi connectivity index (χ4n) is 2.35. The predicted octanol–water partition coefficient (Wildman–Crippen LogP) is 3.31. The third kappa shape index (κ3) is 5.87. The van der Waals surface area contributed by atoms with Crippen molar-refractivity contribution in [1.29, 1.82) is 0 Å². The van der Waals surface area contributed by atoms with E-state index in [4.69, 9.17) is 11.6 Å². The number of nitrogens with one attached hydrogen (secondary N) is 2. The van der Waals surface area contributed by atoms with Gasteiger partial charge >= 0.3 is 0 Å². The Kier molecular flexibility index (Phi) is 6.79. The number of hydrogen-bond donors (Lipinski definition) is 2. The average molecular weight is 436 g/mol. The Morgan fingerprint density at radius 2 is 1.79 bits per heavy atom. The highest BCUT2D eigenvalue weighted by molar-refractivity contribution is 7.89. The summed E-state index contributed by atoms with van der Waals surface area (Å²) >= 11 is 7.21. The van der Waals surface area contributed by atoms with Crippen molar-refractivity contribution in [1.82, 2.24) is 15.0 Å². The molecule has 6 nitrogen and oxygen atoms in total. The van der Waals surface area contributed by atoms with E-state index in [0.29, 0.717) is 10.0 Å². The molecular weight excluding hydrogens is 418 g/mol. The largest absolute Gasteiger partial charge is 0.350 e. The molecule has 0 aliphatic carbocycles. The Balaban J connectivity index is 1.49. The van der Waals surface area contributed by atoms with Crippen molar-refractivity contribution < 1.29 is 13.2 Å². The molecule has 0 aliphatic heterocycles. The van der Waals surface area contributed by atoms with Gasteiger partial charge in [-0.1, -0.05) is 54.1 Å². The van der Waals surface area contributed by atoms with Crippen LogP contribution in [0.15, 0.2) is 60.0 Å². The van der Waals surface area contributed by atoms with Crippen LogP contribution in [0.25, 0.3) is 10.6 Å². The van der Waals surface area contributed by atoms with E-state index in [9.17, 15) is 13.2 Å². The maximum atomic E-state index is 12.2. The van der Waals surface area contributed by atoms with Crippen LogP contribution in [-0.4, -0.2) is 31.6 Å². The number of rotatable bonds is 8. The number of sulfonamides is 1. The summed E-state index contributed by atoms with van der Waals surface area (Å²) < 4.78 is 26.6. The average Bonchev–Trinajstić information content (AvgIpc) is 3.18. The van der Waals surface area contributed by atoms with Gasteiger partial charge in [-0.3, -0.25) is 4.79 Å². The van der Waals surface area contributed by atoms with E-state index in [0.717, 1.165) is 11.1 Å². The van der Waals surface area contributed by atoms with Crippen molar-refractivity contribution in [2.75, 3.05) is 12.3 Å². The highest BCUT2D eigenvalue weighted by Gasteiger charge is 2.14. The topological polar surface area (TPSA) is 88.2 Å². The molecule has 1 heterocycles. The van der Waals surface area contributed by atoms with Crippen LogP contribution in [0, 0.1) is 0 Å². The highest BCUT2D eigenvalue weighted by Crippen LogP contribution is 2.25. The first-order valence-electron chi connectivity index (χ1n) is 8.44. The zero-order valence-electron chi connectivity index (χ0n) is 14.8. The van der Waals surface area contributed by atoms with E-state index in [1.807, 2.05) is 42.5 Å². The number of carbonyl (C=O) groups excluding carboxylic acids is 1. The predicted molar refractivity (Wildman–Crippen MR) is 112 cm³/mol. The minimum Gasteiger partial charge on any atom is -0.350 e. The number of hydrogen-bond acceptors (Lipinski definition) is 5. The Labute approximate surface area is 172 Å². The van der Waals surface area contributed by atoms with E-state index in [1.165, 1.54) is 11.3 Å². The molecule has 146 valence electrons. The van der Waals surface area contributed by atoms with E-state index in [-0.39, 0.29) is 24.5 Å². The second-order valence-corrected chi connectivity index (χ2v) is 9.15. The molecule has 3 rings (SSSR count). The summed E-state index contributed by atoms with van der Waals surface area (Å²) in [6.45, 7) is 0.213. The quantitative estimate of drug-likeness (QED) is 0.568. The molecule has 0 saturated heterocycles. The summed E-state index contributed by atoms with van der Waals surface area (Å²) in [6, 6.07) is 16.4. The van der Waals surface area contributed by atoms with Gasteiger partial charge in [0, 0.05) is 29.1 Å². The van der Waals surface area contributed by atoms with Crippen LogP contribution in [0.1, 0.15) is 16.1 Å². The fourth-order valence-corrected chi connectivity index (χ4v) is 4.19. The van der Waals surface area contributed by atoms with Crippen LogP contribution in [-0.2, 0) is 16.6 Å². The van der Waals surface area contributed by atoms with Gasteiger partial charge in [0.15, 0.2) is 0 Å². The number of benzene rings is 2. The smallest absolute Gasteiger partial charge is 0.270 e. The SMILES string of the molecule is O=C(NCCS(=O)(=O)NCc1ccccc1)c1csc(-c2ccc(Cl)cc2)n1. The van der Waals surface area contributed by atoms with E-state index in [1.54, 1.807) is 17.5 Å². The molecule has 9 heteroatoms. The van der Waals surface area contributed by atoms with Crippen molar-refractivity contribution >= 4 is 38.9 Å². The Morgan fingerprint density at radius 1 is 1.07 bits per heavy atom. The monoisotopic (exact) mass is 435 g/mol. The summed E-state index contributed by atoms with van der Waals surface area (Å²) in [5, 5.41) is 5.55. The summed E-state index contributed by atoms with van der Waals surface area (Å²) in [4.78, 5) is 16.5. The summed E-state index contributed by atoms with van der Waals surface area (Å²) in [5.41, 5.74) is 1.98. The first kappa shape index (κ1) is 20.5. The maximum absolute atomic E-state index is 12.2. The number of amides is 1. The van der Waals surface area contributed by atoms with Crippen molar-refractivity contribution in [3.05, 3.63) is 76.3 Å². The lowest BCUT2D eigenvalue weighted by Crippen LogP contribution is -2.34. The van der Waals surface area contributed by atoms with Crippen LogP contribution >= 0.6 is 22.9 Å². The number of nitrogens with zero attached hydrogens (tertiary/aromatic N) is 1. The number of aromatic nitrogens is 1. The van der Waals surface area contributed by atoms with Crippen LogP contribution in [0.4, 0.5) is 0 Å². The molecule has 0 unspecified atom stereocenters. The standard InChI is InChI=1S/C19H18ClN3O3S2/c20-16-8-6-15(7-9-16)19-23-17(13-27-19)18(24)21-10-11-28(25,26)22-12-14-4-2-1-3-5-14/h1-9,13,22H,10-12H2,(H,21,24). The fraction of sp³-hybridized carbons (Fsp3) is 0.158. The molecule has 2 N–H and O–H groups in total. The Bertz CT molecular complexity index is 1040. The molecule has 0 saturated carbocycles. The van der Waals surface area contributed by atoms with E-state index >= 15 is 0 Å². The third-order valence-corrected chi connectivity index (χ3v) is 6.29.